The van der Waals surface area contributed by atoms with Gasteiger partial charge in [-0.3, -0.25) is 4.79 Å². The average molecular weight is 575 g/mol. The van der Waals surface area contributed by atoms with Crippen molar-refractivity contribution in [1.82, 2.24) is 0 Å². The number of esters is 2. The van der Waals surface area contributed by atoms with Gasteiger partial charge in [0.1, 0.15) is 19.3 Å². The number of Topliss-reactive ketones (excluding diaryl/α,β-unsaturated/α-hetero) is 1. The van der Waals surface area contributed by atoms with Gasteiger partial charge in [-0.05, 0) is 80.1 Å². The van der Waals surface area contributed by atoms with Crippen LogP contribution in [0.3, 0.4) is 0 Å². The van der Waals surface area contributed by atoms with Crippen LogP contribution in [0.5, 0.6) is 0 Å². The molecule has 0 bridgehead atoms. The molecule has 0 amide bonds. The van der Waals surface area contributed by atoms with E-state index < -0.39 is 11.0 Å². The number of ether oxygens (including phenoxy) is 2. The lowest BCUT2D eigenvalue weighted by Crippen LogP contribution is -2.62. The first-order valence-electron chi connectivity index (χ1n) is 15.8. The highest BCUT2D eigenvalue weighted by Gasteiger charge is 2.71. The third-order valence-corrected chi connectivity index (χ3v) is 11.9. The Morgan fingerprint density at radius 2 is 1.66 bits per heavy atom. The van der Waals surface area contributed by atoms with Crippen LogP contribution < -0.4 is 0 Å². The number of ketones is 1. The van der Waals surface area contributed by atoms with Gasteiger partial charge >= 0.3 is 11.9 Å². The number of hydrogen-bond acceptors (Lipinski definition) is 6. The van der Waals surface area contributed by atoms with E-state index in [1.807, 2.05) is 42.3 Å². The fourth-order valence-corrected chi connectivity index (χ4v) is 10.1. The molecule has 0 aromatic rings. The fourth-order valence-electron chi connectivity index (χ4n) is 10.1. The Balaban J connectivity index is 1.40. The second-order valence-corrected chi connectivity index (χ2v) is 16.7. The van der Waals surface area contributed by atoms with Crippen molar-refractivity contribution in [2.75, 3.05) is 62.0 Å². The number of aliphatic hydroxyl groups is 1. The Labute approximate surface area is 246 Å². The molecule has 0 radical (unpaired) electrons. The zero-order valence-electron chi connectivity index (χ0n) is 26.7. The van der Waals surface area contributed by atoms with Crippen molar-refractivity contribution in [1.29, 1.82) is 0 Å². The lowest BCUT2D eigenvalue weighted by Gasteiger charge is -2.63. The van der Waals surface area contributed by atoms with Crippen molar-refractivity contribution in [2.45, 2.75) is 76.9 Å². The van der Waals surface area contributed by atoms with Gasteiger partial charge in [0, 0.05) is 23.3 Å². The summed E-state index contributed by atoms with van der Waals surface area (Å²) in [6.45, 7) is 5.61. The zero-order valence-corrected chi connectivity index (χ0v) is 26.7. The number of likely N-dealkylation sites (N-methyl/N-ethyl adjacent to an activating group) is 2. The third kappa shape index (κ3) is 5.42. The van der Waals surface area contributed by atoms with Crippen LogP contribution >= 0.6 is 0 Å². The first-order chi connectivity index (χ1) is 18.9. The molecule has 0 aromatic heterocycles. The number of carbonyl (C=O) groups excluding carboxylic acids is 3. The molecule has 4 fully saturated rings. The summed E-state index contributed by atoms with van der Waals surface area (Å²) in [5.74, 6) is 0.173. The van der Waals surface area contributed by atoms with E-state index in [-0.39, 0.29) is 53.6 Å². The molecular weight excluding hydrogens is 520 g/mol. The smallest absolute Gasteiger partial charge is 0.362 e. The van der Waals surface area contributed by atoms with Crippen LogP contribution in [0.4, 0.5) is 0 Å². The molecule has 1 heterocycles. The quantitative estimate of drug-likeness (QED) is 0.371. The molecule has 230 valence electrons. The van der Waals surface area contributed by atoms with Gasteiger partial charge in [0.25, 0.3) is 0 Å². The van der Waals surface area contributed by atoms with Gasteiger partial charge in [-0.2, -0.15) is 0 Å². The molecule has 9 atom stereocenters. The average Bonchev–Trinajstić information content (AvgIpc) is 3.34. The predicted octanol–water partition coefficient (Wildman–Crippen LogP) is 3.36. The molecule has 41 heavy (non-hydrogen) atoms. The lowest BCUT2D eigenvalue weighted by atomic mass is 9.43. The standard InChI is InChI=1S/C33H54N2O6/c1-31-13-11-23(41-29(38)19-35(6,7)8)16-22(31)9-10-26-25(31)12-14-32(2)30(21-15-28(37)40-20-21)24(17-33(26,32)39)27(36)18-34(3,4)5/h15,22-26,30,39H,9-14,16-20H2,1-8H3/q+2/t22?,23-,24?,25-,26+,30-,31-,32+,33-/m0/s1. The third-order valence-electron chi connectivity index (χ3n) is 11.9. The van der Waals surface area contributed by atoms with Gasteiger partial charge in [-0.1, -0.05) is 13.8 Å². The summed E-state index contributed by atoms with van der Waals surface area (Å²) in [6.07, 6.45) is 8.57. The van der Waals surface area contributed by atoms with Crippen molar-refractivity contribution in [2.24, 2.45) is 40.4 Å². The normalized spacial score (nSPS) is 42.5. The minimum absolute atomic E-state index is 0.0270. The van der Waals surface area contributed by atoms with Crippen LogP contribution in [0.2, 0.25) is 0 Å². The van der Waals surface area contributed by atoms with Crippen LogP contribution in [0.1, 0.15) is 65.2 Å². The van der Waals surface area contributed by atoms with E-state index in [9.17, 15) is 19.5 Å². The number of quaternary nitrogens is 2. The topological polar surface area (TPSA) is 89.9 Å². The van der Waals surface area contributed by atoms with E-state index in [1.54, 1.807) is 6.08 Å². The fraction of sp³-hybridized carbons (Fsp3) is 0.848. The minimum Gasteiger partial charge on any atom is -0.458 e. The molecule has 2 unspecified atom stereocenters. The van der Waals surface area contributed by atoms with Gasteiger partial charge in [-0.25, -0.2) is 9.59 Å². The summed E-state index contributed by atoms with van der Waals surface area (Å²) in [5, 5.41) is 12.9. The molecule has 8 heteroatoms. The summed E-state index contributed by atoms with van der Waals surface area (Å²) in [5.41, 5.74) is -0.488. The molecule has 5 rings (SSSR count). The van der Waals surface area contributed by atoms with Crippen molar-refractivity contribution in [3.05, 3.63) is 11.6 Å². The number of nitrogens with zero attached hydrogens (tertiary/aromatic N) is 2. The highest BCUT2D eigenvalue weighted by Crippen LogP contribution is 2.71. The van der Waals surface area contributed by atoms with Crippen molar-refractivity contribution < 1.29 is 37.9 Å². The second kappa shape index (κ2) is 10.2. The Morgan fingerprint density at radius 3 is 2.27 bits per heavy atom. The van der Waals surface area contributed by atoms with E-state index in [0.29, 0.717) is 40.3 Å². The van der Waals surface area contributed by atoms with Gasteiger partial charge in [-0.15, -0.1) is 0 Å². The molecule has 0 aromatic carbocycles. The summed E-state index contributed by atoms with van der Waals surface area (Å²) in [6, 6.07) is 0. The Morgan fingerprint density at radius 1 is 0.976 bits per heavy atom. The lowest BCUT2D eigenvalue weighted by molar-refractivity contribution is -0.862. The van der Waals surface area contributed by atoms with Crippen molar-refractivity contribution in [3.8, 4) is 0 Å². The van der Waals surface area contributed by atoms with Crippen LogP contribution in [-0.4, -0.2) is 105 Å². The maximum atomic E-state index is 13.9. The monoisotopic (exact) mass is 574 g/mol. The Bertz CT molecular complexity index is 1120. The van der Waals surface area contributed by atoms with Gasteiger partial charge in [0.2, 0.25) is 0 Å². The molecule has 1 N–H and O–H groups in total. The first-order valence-corrected chi connectivity index (χ1v) is 15.8. The van der Waals surface area contributed by atoms with Crippen LogP contribution in [0, 0.1) is 40.4 Å². The number of fused-ring (bicyclic) bond motifs is 5. The van der Waals surface area contributed by atoms with Crippen LogP contribution in [-0.2, 0) is 23.9 Å². The largest absolute Gasteiger partial charge is 0.458 e. The van der Waals surface area contributed by atoms with E-state index in [2.05, 4.69) is 13.8 Å². The van der Waals surface area contributed by atoms with E-state index in [4.69, 9.17) is 9.47 Å². The molecule has 4 saturated carbocycles. The van der Waals surface area contributed by atoms with Crippen LogP contribution in [0.25, 0.3) is 0 Å². The van der Waals surface area contributed by atoms with Gasteiger partial charge in [0.05, 0.1) is 47.9 Å². The molecular formula is C33H54N2O6+2. The summed E-state index contributed by atoms with van der Waals surface area (Å²) in [7, 11) is 12.1. The Hall–Kier alpha value is -1.77. The number of cyclic esters (lactones) is 1. The van der Waals surface area contributed by atoms with E-state index in [0.717, 1.165) is 50.5 Å². The Kier molecular flexibility index (Phi) is 7.60. The van der Waals surface area contributed by atoms with Crippen molar-refractivity contribution >= 4 is 17.7 Å². The molecule has 1 aliphatic heterocycles. The highest BCUT2D eigenvalue weighted by atomic mass is 16.5. The molecule has 0 saturated heterocycles. The van der Waals surface area contributed by atoms with Gasteiger partial charge < -0.3 is 23.5 Å². The van der Waals surface area contributed by atoms with Gasteiger partial charge in [0.15, 0.2) is 12.3 Å². The summed E-state index contributed by atoms with van der Waals surface area (Å²) < 4.78 is 12.4. The maximum Gasteiger partial charge on any atom is 0.362 e. The summed E-state index contributed by atoms with van der Waals surface area (Å²) >= 11 is 0. The number of rotatable bonds is 7. The number of carbonyl (C=O) groups is 3. The molecule has 0 spiro atoms. The molecule has 5 aliphatic rings. The van der Waals surface area contributed by atoms with E-state index >= 15 is 0 Å². The maximum absolute atomic E-state index is 13.9. The SMILES string of the molecule is C[C@]12CC[C@H](OC(=O)C[N+](C)(C)C)CC1CC[C@@H]1[C@@H]2CC[C@]2(C)[C@@H](C3=CC(=O)OC3)C(C(=O)C[N+](C)(C)C)C[C@]12O. The van der Waals surface area contributed by atoms with Crippen molar-refractivity contribution in [3.63, 3.8) is 0 Å². The number of hydrogen-bond donors (Lipinski definition) is 1. The summed E-state index contributed by atoms with van der Waals surface area (Å²) in [4.78, 5) is 38.6. The predicted molar refractivity (Wildman–Crippen MR) is 155 cm³/mol. The first kappa shape index (κ1) is 30.7. The van der Waals surface area contributed by atoms with E-state index in [1.165, 1.54) is 0 Å². The van der Waals surface area contributed by atoms with Crippen LogP contribution in [0.15, 0.2) is 11.6 Å². The highest BCUT2D eigenvalue weighted by molar-refractivity contribution is 5.87. The minimum atomic E-state index is -0.972. The molecule has 4 aliphatic carbocycles. The second-order valence-electron chi connectivity index (χ2n) is 16.7. The zero-order chi connectivity index (χ0) is 30.2. The molecule has 8 nitrogen and oxygen atoms in total.